The van der Waals surface area contributed by atoms with Crippen molar-refractivity contribution in [3.05, 3.63) is 11.6 Å². The molecule has 0 spiro atoms. The number of ether oxygens (including phenoxy) is 4. The minimum absolute atomic E-state index is 0.0853. The number of carbonyl (C=O) groups excluding carboxylic acids is 4. The molecule has 0 N–H and O–H groups in total. The van der Waals surface area contributed by atoms with E-state index in [0.29, 0.717) is 12.0 Å². The van der Waals surface area contributed by atoms with Crippen LogP contribution < -0.4 is 0 Å². The van der Waals surface area contributed by atoms with Crippen LogP contribution in [0.1, 0.15) is 66.7 Å². The SMILES string of the molecule is CCC/C=C1\CC(C(=O)OCC)(C(=O)OCC)CCC1(C(=O)OCC)C(=O)OCC. The van der Waals surface area contributed by atoms with E-state index in [-0.39, 0.29) is 45.7 Å². The average molecular weight is 427 g/mol. The van der Waals surface area contributed by atoms with E-state index >= 15 is 0 Å². The topological polar surface area (TPSA) is 105 Å². The molecule has 0 saturated heterocycles. The van der Waals surface area contributed by atoms with Gasteiger partial charge in [0.2, 0.25) is 0 Å². The maximum absolute atomic E-state index is 13.0. The van der Waals surface area contributed by atoms with Gasteiger partial charge in [-0.25, -0.2) is 0 Å². The van der Waals surface area contributed by atoms with Crippen LogP contribution in [-0.4, -0.2) is 50.3 Å². The molecule has 0 bridgehead atoms. The van der Waals surface area contributed by atoms with E-state index < -0.39 is 34.7 Å². The Balaban J connectivity index is 3.59. The van der Waals surface area contributed by atoms with Gasteiger partial charge in [-0.1, -0.05) is 19.4 Å². The molecule has 1 rings (SSSR count). The molecular weight excluding hydrogens is 392 g/mol. The first-order chi connectivity index (χ1) is 14.3. The number of rotatable bonds is 10. The largest absolute Gasteiger partial charge is 0.465 e. The molecule has 1 aliphatic rings. The number of allylic oxidation sites excluding steroid dienone is 1. The van der Waals surface area contributed by atoms with Crippen LogP contribution in [0.5, 0.6) is 0 Å². The van der Waals surface area contributed by atoms with E-state index in [2.05, 4.69) is 0 Å². The third-order valence-electron chi connectivity index (χ3n) is 5.23. The van der Waals surface area contributed by atoms with Crippen LogP contribution in [0.2, 0.25) is 0 Å². The highest BCUT2D eigenvalue weighted by molar-refractivity contribution is 6.06. The highest BCUT2D eigenvalue weighted by Crippen LogP contribution is 2.52. The number of esters is 4. The van der Waals surface area contributed by atoms with E-state index in [4.69, 9.17) is 18.9 Å². The first kappa shape index (κ1) is 25.7. The van der Waals surface area contributed by atoms with Crippen LogP contribution >= 0.6 is 0 Å². The molecule has 30 heavy (non-hydrogen) atoms. The summed E-state index contributed by atoms with van der Waals surface area (Å²) in [7, 11) is 0. The molecule has 8 nitrogen and oxygen atoms in total. The van der Waals surface area contributed by atoms with E-state index in [9.17, 15) is 19.2 Å². The Morgan fingerprint density at radius 2 is 1.17 bits per heavy atom. The molecule has 8 heteroatoms. The Hall–Kier alpha value is -2.38. The Morgan fingerprint density at radius 1 is 0.733 bits per heavy atom. The van der Waals surface area contributed by atoms with Crippen molar-refractivity contribution in [1.82, 2.24) is 0 Å². The summed E-state index contributed by atoms with van der Waals surface area (Å²) in [6.07, 6.45) is 2.67. The van der Waals surface area contributed by atoms with Gasteiger partial charge in [0, 0.05) is 0 Å². The molecule has 0 heterocycles. The van der Waals surface area contributed by atoms with Crippen molar-refractivity contribution in [2.75, 3.05) is 26.4 Å². The van der Waals surface area contributed by atoms with Gasteiger partial charge in [0.05, 0.1) is 26.4 Å². The van der Waals surface area contributed by atoms with Crippen molar-refractivity contribution in [2.24, 2.45) is 10.8 Å². The van der Waals surface area contributed by atoms with Gasteiger partial charge in [-0.05, 0) is 59.0 Å². The zero-order chi connectivity index (χ0) is 22.8. The number of unbranched alkanes of at least 4 members (excludes halogenated alkanes) is 1. The summed E-state index contributed by atoms with van der Waals surface area (Å²) in [5.41, 5.74) is -2.97. The summed E-state index contributed by atoms with van der Waals surface area (Å²) >= 11 is 0. The molecule has 1 fully saturated rings. The zero-order valence-corrected chi connectivity index (χ0v) is 18.7. The first-order valence-corrected chi connectivity index (χ1v) is 10.7. The lowest BCUT2D eigenvalue weighted by atomic mass is 9.60. The second-order valence-corrected chi connectivity index (χ2v) is 7.06. The molecule has 0 aliphatic heterocycles. The fraction of sp³-hybridized carbons (Fsp3) is 0.727. The normalized spacial score (nSPS) is 18.4. The summed E-state index contributed by atoms with van der Waals surface area (Å²) in [6, 6.07) is 0. The van der Waals surface area contributed by atoms with Gasteiger partial charge < -0.3 is 18.9 Å². The Labute approximate surface area is 178 Å². The highest BCUT2D eigenvalue weighted by atomic mass is 16.6. The van der Waals surface area contributed by atoms with Crippen LogP contribution in [0.4, 0.5) is 0 Å². The molecule has 0 radical (unpaired) electrons. The predicted molar refractivity (Wildman–Crippen MR) is 108 cm³/mol. The summed E-state index contributed by atoms with van der Waals surface area (Å²) in [5, 5.41) is 0. The van der Waals surface area contributed by atoms with E-state index in [1.54, 1.807) is 33.8 Å². The van der Waals surface area contributed by atoms with Gasteiger partial charge in [-0.3, -0.25) is 19.2 Å². The molecule has 1 aliphatic carbocycles. The molecule has 0 atom stereocenters. The van der Waals surface area contributed by atoms with Crippen LogP contribution in [0, 0.1) is 10.8 Å². The Bertz CT molecular complexity index is 628. The monoisotopic (exact) mass is 426 g/mol. The minimum Gasteiger partial charge on any atom is -0.465 e. The van der Waals surface area contributed by atoms with Gasteiger partial charge in [0.1, 0.15) is 0 Å². The average Bonchev–Trinajstić information content (AvgIpc) is 2.72. The molecule has 0 aromatic carbocycles. The van der Waals surface area contributed by atoms with E-state index in [1.807, 2.05) is 6.92 Å². The van der Waals surface area contributed by atoms with Crippen molar-refractivity contribution in [2.45, 2.75) is 66.7 Å². The second-order valence-electron chi connectivity index (χ2n) is 7.06. The van der Waals surface area contributed by atoms with Gasteiger partial charge in [0.25, 0.3) is 0 Å². The Morgan fingerprint density at radius 3 is 1.57 bits per heavy atom. The van der Waals surface area contributed by atoms with Crippen molar-refractivity contribution in [3.8, 4) is 0 Å². The lowest BCUT2D eigenvalue weighted by Crippen LogP contribution is -2.53. The van der Waals surface area contributed by atoms with Crippen molar-refractivity contribution in [1.29, 1.82) is 0 Å². The van der Waals surface area contributed by atoms with E-state index in [1.165, 1.54) is 0 Å². The molecule has 0 unspecified atom stereocenters. The molecule has 1 saturated carbocycles. The molecule has 170 valence electrons. The number of carbonyl (C=O) groups is 4. The zero-order valence-electron chi connectivity index (χ0n) is 18.7. The third-order valence-corrected chi connectivity index (χ3v) is 5.23. The summed E-state index contributed by atoms with van der Waals surface area (Å²) in [6.45, 7) is 8.89. The quantitative estimate of drug-likeness (QED) is 0.227. The molecular formula is C22H34O8. The van der Waals surface area contributed by atoms with Crippen LogP contribution in [-0.2, 0) is 38.1 Å². The molecule has 0 aromatic rings. The smallest absolute Gasteiger partial charge is 0.327 e. The number of hydrogen-bond acceptors (Lipinski definition) is 8. The lowest BCUT2D eigenvalue weighted by Gasteiger charge is -2.42. The third kappa shape index (κ3) is 5.02. The molecule has 0 amide bonds. The maximum atomic E-state index is 13.0. The predicted octanol–water partition coefficient (Wildman–Crippen LogP) is 3.12. The van der Waals surface area contributed by atoms with Crippen molar-refractivity contribution >= 4 is 23.9 Å². The summed E-state index contributed by atoms with van der Waals surface area (Å²) < 4.78 is 20.8. The standard InChI is InChI=1S/C22H34O8/c1-6-11-12-16-15-21(17(23)27-7-2,18(24)28-8-3)13-14-22(16,19(25)29-9-4)20(26)30-10-5/h12H,6-11,13-15H2,1-5H3/b16-12+. The van der Waals surface area contributed by atoms with E-state index in [0.717, 1.165) is 6.42 Å². The molecule has 0 aromatic heterocycles. The highest BCUT2D eigenvalue weighted by Gasteiger charge is 2.62. The maximum Gasteiger partial charge on any atom is 0.327 e. The van der Waals surface area contributed by atoms with Crippen LogP contribution in [0.15, 0.2) is 11.6 Å². The van der Waals surface area contributed by atoms with Gasteiger partial charge in [0.15, 0.2) is 10.8 Å². The summed E-state index contributed by atoms with van der Waals surface area (Å²) in [4.78, 5) is 51.8. The lowest BCUT2D eigenvalue weighted by molar-refractivity contribution is -0.182. The first-order valence-electron chi connectivity index (χ1n) is 10.7. The minimum atomic E-state index is -1.69. The number of hydrogen-bond donors (Lipinski definition) is 0. The van der Waals surface area contributed by atoms with Gasteiger partial charge in [-0.2, -0.15) is 0 Å². The van der Waals surface area contributed by atoms with Gasteiger partial charge in [-0.15, -0.1) is 0 Å². The van der Waals surface area contributed by atoms with Crippen molar-refractivity contribution < 1.29 is 38.1 Å². The summed E-state index contributed by atoms with van der Waals surface area (Å²) in [5.74, 6) is -2.89. The second kappa shape index (κ2) is 11.7. The fourth-order valence-corrected chi connectivity index (χ4v) is 3.72. The van der Waals surface area contributed by atoms with Crippen LogP contribution in [0.25, 0.3) is 0 Å². The van der Waals surface area contributed by atoms with Gasteiger partial charge >= 0.3 is 23.9 Å². The fourth-order valence-electron chi connectivity index (χ4n) is 3.72. The van der Waals surface area contributed by atoms with Crippen molar-refractivity contribution in [3.63, 3.8) is 0 Å². The Kier molecular flexibility index (Phi) is 10.0. The van der Waals surface area contributed by atoms with Crippen LogP contribution in [0.3, 0.4) is 0 Å².